The van der Waals surface area contributed by atoms with E-state index in [1.165, 1.54) is 77.0 Å². The van der Waals surface area contributed by atoms with E-state index >= 15 is 0 Å². The number of hydrogen-bond acceptors (Lipinski definition) is 2. The normalized spacial score (nSPS) is 19.4. The lowest BCUT2D eigenvalue weighted by molar-refractivity contribution is -0.162. The Morgan fingerprint density at radius 1 is 0.905 bits per heavy atom. The molecule has 2 heteroatoms. The van der Waals surface area contributed by atoms with Gasteiger partial charge in [0, 0.05) is 13.2 Å². The average molecular weight is 296 g/mol. The van der Waals surface area contributed by atoms with Gasteiger partial charge in [0.05, 0.1) is 0 Å². The number of hydrogen-bond donors (Lipinski definition) is 0. The van der Waals surface area contributed by atoms with Gasteiger partial charge in [-0.25, -0.2) is 0 Å². The minimum absolute atomic E-state index is 0.0941. The molecule has 0 aromatic rings. The molecule has 1 aliphatic heterocycles. The molecular weight excluding hydrogens is 260 g/mol. The SMILES string of the molecule is CCCCCC=CCCCCCCCOC1CCCCO1. The lowest BCUT2D eigenvalue weighted by atomic mass is 10.1. The lowest BCUT2D eigenvalue weighted by Gasteiger charge is -2.22. The fraction of sp³-hybridized carbons (Fsp3) is 0.895. The van der Waals surface area contributed by atoms with Crippen LogP contribution in [0.25, 0.3) is 0 Å². The third kappa shape index (κ3) is 11.9. The quantitative estimate of drug-likeness (QED) is 0.306. The molecule has 0 bridgehead atoms. The summed E-state index contributed by atoms with van der Waals surface area (Å²) in [7, 11) is 0. The van der Waals surface area contributed by atoms with Crippen LogP contribution in [0.1, 0.15) is 90.4 Å². The van der Waals surface area contributed by atoms with E-state index in [2.05, 4.69) is 19.1 Å². The molecule has 1 aliphatic rings. The van der Waals surface area contributed by atoms with Crippen molar-refractivity contribution in [3.05, 3.63) is 12.2 Å². The Morgan fingerprint density at radius 2 is 1.62 bits per heavy atom. The number of rotatable bonds is 13. The van der Waals surface area contributed by atoms with E-state index < -0.39 is 0 Å². The van der Waals surface area contributed by atoms with E-state index in [0.717, 1.165) is 19.6 Å². The lowest BCUT2D eigenvalue weighted by Crippen LogP contribution is -2.22. The summed E-state index contributed by atoms with van der Waals surface area (Å²) in [6.07, 6.45) is 21.5. The Labute approximate surface area is 132 Å². The van der Waals surface area contributed by atoms with Crippen LogP contribution in [0, 0.1) is 0 Å². The van der Waals surface area contributed by atoms with Crippen LogP contribution < -0.4 is 0 Å². The maximum Gasteiger partial charge on any atom is 0.157 e. The van der Waals surface area contributed by atoms with Crippen LogP contribution in [0.15, 0.2) is 12.2 Å². The predicted octanol–water partition coefficient (Wildman–Crippen LogP) is 6.01. The first-order valence-electron chi connectivity index (χ1n) is 9.31. The van der Waals surface area contributed by atoms with Crippen molar-refractivity contribution in [3.8, 4) is 0 Å². The van der Waals surface area contributed by atoms with Gasteiger partial charge in [-0.1, -0.05) is 51.2 Å². The molecule has 2 nitrogen and oxygen atoms in total. The Morgan fingerprint density at radius 3 is 2.33 bits per heavy atom. The highest BCUT2D eigenvalue weighted by Gasteiger charge is 2.13. The monoisotopic (exact) mass is 296 g/mol. The molecular formula is C19H36O2. The van der Waals surface area contributed by atoms with Crippen LogP contribution in [0.2, 0.25) is 0 Å². The van der Waals surface area contributed by atoms with E-state index in [0.29, 0.717) is 0 Å². The highest BCUT2D eigenvalue weighted by molar-refractivity contribution is 4.81. The summed E-state index contributed by atoms with van der Waals surface area (Å²) in [5.74, 6) is 0. The minimum atomic E-state index is 0.0941. The van der Waals surface area contributed by atoms with Gasteiger partial charge in [0.1, 0.15) is 0 Å². The molecule has 0 aromatic carbocycles. The molecule has 1 rings (SSSR count). The van der Waals surface area contributed by atoms with Crippen molar-refractivity contribution in [3.63, 3.8) is 0 Å². The molecule has 124 valence electrons. The molecule has 0 amide bonds. The molecule has 1 saturated heterocycles. The summed E-state index contributed by atoms with van der Waals surface area (Å²) in [6.45, 7) is 4.02. The van der Waals surface area contributed by atoms with E-state index in [-0.39, 0.29) is 6.29 Å². The predicted molar refractivity (Wildman–Crippen MR) is 90.5 cm³/mol. The second-order valence-electron chi connectivity index (χ2n) is 6.19. The minimum Gasteiger partial charge on any atom is -0.353 e. The van der Waals surface area contributed by atoms with Gasteiger partial charge in [-0.15, -0.1) is 0 Å². The van der Waals surface area contributed by atoms with Crippen molar-refractivity contribution in [2.24, 2.45) is 0 Å². The standard InChI is InChI=1S/C19H36O2/c1-2-3-4-5-6-7-8-9-10-11-12-14-17-20-19-16-13-15-18-21-19/h6-7,19H,2-5,8-18H2,1H3. The van der Waals surface area contributed by atoms with Gasteiger partial charge < -0.3 is 9.47 Å². The number of ether oxygens (including phenoxy) is 2. The topological polar surface area (TPSA) is 18.5 Å². The van der Waals surface area contributed by atoms with Gasteiger partial charge in [-0.2, -0.15) is 0 Å². The van der Waals surface area contributed by atoms with Crippen LogP contribution in [0.5, 0.6) is 0 Å². The Hall–Kier alpha value is -0.340. The van der Waals surface area contributed by atoms with E-state index in [9.17, 15) is 0 Å². The maximum absolute atomic E-state index is 5.74. The van der Waals surface area contributed by atoms with E-state index in [1.54, 1.807) is 0 Å². The second-order valence-corrected chi connectivity index (χ2v) is 6.19. The first-order chi connectivity index (χ1) is 10.4. The largest absolute Gasteiger partial charge is 0.353 e. The Bertz CT molecular complexity index is 232. The summed E-state index contributed by atoms with van der Waals surface area (Å²) < 4.78 is 11.3. The molecule has 1 atom stereocenters. The zero-order chi connectivity index (χ0) is 15.0. The second kappa shape index (κ2) is 14.6. The maximum atomic E-state index is 5.74. The van der Waals surface area contributed by atoms with Crippen LogP contribution in [0.4, 0.5) is 0 Å². The average Bonchev–Trinajstić information content (AvgIpc) is 2.53. The first-order valence-corrected chi connectivity index (χ1v) is 9.31. The van der Waals surface area contributed by atoms with Crippen LogP contribution in [-0.2, 0) is 9.47 Å². The van der Waals surface area contributed by atoms with Gasteiger partial charge in [0.2, 0.25) is 0 Å². The molecule has 0 spiro atoms. The van der Waals surface area contributed by atoms with E-state index in [1.807, 2.05) is 0 Å². The van der Waals surface area contributed by atoms with E-state index in [4.69, 9.17) is 9.47 Å². The van der Waals surface area contributed by atoms with Crippen molar-refractivity contribution >= 4 is 0 Å². The van der Waals surface area contributed by atoms with Crippen molar-refractivity contribution in [2.75, 3.05) is 13.2 Å². The molecule has 0 aromatic heterocycles. The molecule has 0 saturated carbocycles. The third-order valence-corrected chi connectivity index (χ3v) is 4.10. The van der Waals surface area contributed by atoms with Crippen LogP contribution in [0.3, 0.4) is 0 Å². The molecule has 0 radical (unpaired) electrons. The Balaban J connectivity index is 1.74. The Kier molecular flexibility index (Phi) is 13.0. The molecule has 1 heterocycles. The smallest absolute Gasteiger partial charge is 0.157 e. The number of allylic oxidation sites excluding steroid dienone is 2. The van der Waals surface area contributed by atoms with Gasteiger partial charge in [0.15, 0.2) is 6.29 Å². The third-order valence-electron chi connectivity index (χ3n) is 4.10. The van der Waals surface area contributed by atoms with Crippen LogP contribution >= 0.6 is 0 Å². The van der Waals surface area contributed by atoms with Gasteiger partial charge in [-0.05, 0) is 51.4 Å². The highest BCUT2D eigenvalue weighted by atomic mass is 16.7. The fourth-order valence-electron chi connectivity index (χ4n) is 2.70. The van der Waals surface area contributed by atoms with Crippen molar-refractivity contribution in [2.45, 2.75) is 96.7 Å². The van der Waals surface area contributed by atoms with Crippen molar-refractivity contribution < 1.29 is 9.47 Å². The molecule has 1 unspecified atom stereocenters. The van der Waals surface area contributed by atoms with Crippen molar-refractivity contribution in [1.82, 2.24) is 0 Å². The van der Waals surface area contributed by atoms with Gasteiger partial charge in [0.25, 0.3) is 0 Å². The molecule has 1 fully saturated rings. The first kappa shape index (κ1) is 18.7. The zero-order valence-corrected chi connectivity index (χ0v) is 14.2. The summed E-state index contributed by atoms with van der Waals surface area (Å²) in [6, 6.07) is 0. The highest BCUT2D eigenvalue weighted by Crippen LogP contribution is 2.14. The summed E-state index contributed by atoms with van der Waals surface area (Å²) >= 11 is 0. The van der Waals surface area contributed by atoms with Gasteiger partial charge >= 0.3 is 0 Å². The van der Waals surface area contributed by atoms with Crippen LogP contribution in [-0.4, -0.2) is 19.5 Å². The summed E-state index contributed by atoms with van der Waals surface area (Å²) in [5.41, 5.74) is 0. The fourth-order valence-corrected chi connectivity index (χ4v) is 2.70. The zero-order valence-electron chi connectivity index (χ0n) is 14.2. The molecule has 0 N–H and O–H groups in total. The molecule has 0 aliphatic carbocycles. The summed E-state index contributed by atoms with van der Waals surface area (Å²) in [5, 5.41) is 0. The summed E-state index contributed by atoms with van der Waals surface area (Å²) in [4.78, 5) is 0. The van der Waals surface area contributed by atoms with Crippen molar-refractivity contribution in [1.29, 1.82) is 0 Å². The van der Waals surface area contributed by atoms with Gasteiger partial charge in [-0.3, -0.25) is 0 Å². The molecule has 21 heavy (non-hydrogen) atoms. The number of unbranched alkanes of at least 4 members (excludes halogenated alkanes) is 8.